The Bertz CT molecular complexity index is 611. The molecule has 1 aromatic carbocycles. The predicted molar refractivity (Wildman–Crippen MR) is 85.7 cm³/mol. The van der Waals surface area contributed by atoms with Gasteiger partial charge in [-0.25, -0.2) is 9.37 Å². The summed E-state index contributed by atoms with van der Waals surface area (Å²) in [6.45, 7) is 2.25. The van der Waals surface area contributed by atoms with Gasteiger partial charge in [0.25, 0.3) is 0 Å². The van der Waals surface area contributed by atoms with Gasteiger partial charge in [0.05, 0.1) is 6.20 Å². The number of anilines is 3. The van der Waals surface area contributed by atoms with Crippen molar-refractivity contribution in [2.24, 2.45) is 11.7 Å². The molecule has 5 nitrogen and oxygen atoms in total. The number of halogens is 1. The van der Waals surface area contributed by atoms with Gasteiger partial charge in [-0.1, -0.05) is 18.2 Å². The van der Waals surface area contributed by atoms with Crippen LogP contribution >= 0.6 is 0 Å². The zero-order valence-corrected chi connectivity index (χ0v) is 12.4. The van der Waals surface area contributed by atoms with Gasteiger partial charge < -0.3 is 16.0 Å². The Morgan fingerprint density at radius 3 is 2.64 bits per heavy atom. The SMILES string of the molecule is NCC1CCN(c2nc(Nc3ccccc3)ncc2F)CC1. The van der Waals surface area contributed by atoms with Gasteiger partial charge in [-0.05, 0) is 37.4 Å². The van der Waals surface area contributed by atoms with Crippen molar-refractivity contribution in [3.05, 3.63) is 42.3 Å². The summed E-state index contributed by atoms with van der Waals surface area (Å²) in [5, 5.41) is 3.10. The first kappa shape index (κ1) is 14.7. The van der Waals surface area contributed by atoms with E-state index in [-0.39, 0.29) is 5.82 Å². The van der Waals surface area contributed by atoms with Crippen molar-refractivity contribution in [2.75, 3.05) is 29.9 Å². The molecular formula is C16H20FN5. The fraction of sp³-hybridized carbons (Fsp3) is 0.375. The van der Waals surface area contributed by atoms with Crippen LogP contribution in [-0.2, 0) is 0 Å². The van der Waals surface area contributed by atoms with Crippen molar-refractivity contribution >= 4 is 17.5 Å². The van der Waals surface area contributed by atoms with Crippen LogP contribution in [0.5, 0.6) is 0 Å². The highest BCUT2D eigenvalue weighted by molar-refractivity contribution is 5.55. The number of nitrogens with zero attached hydrogens (tertiary/aromatic N) is 3. The lowest BCUT2D eigenvalue weighted by atomic mass is 9.97. The number of piperidine rings is 1. The molecule has 1 fully saturated rings. The van der Waals surface area contributed by atoms with E-state index < -0.39 is 0 Å². The van der Waals surface area contributed by atoms with Crippen LogP contribution in [0.2, 0.25) is 0 Å². The number of para-hydroxylation sites is 1. The summed E-state index contributed by atoms with van der Waals surface area (Å²) in [6, 6.07) is 9.61. The molecule has 0 aliphatic carbocycles. The first-order valence-electron chi connectivity index (χ1n) is 7.56. The van der Waals surface area contributed by atoms with E-state index in [1.807, 2.05) is 35.2 Å². The van der Waals surface area contributed by atoms with E-state index in [4.69, 9.17) is 5.73 Å². The van der Waals surface area contributed by atoms with Crippen molar-refractivity contribution < 1.29 is 4.39 Å². The standard InChI is InChI=1S/C16H20FN5/c17-14-11-19-16(20-13-4-2-1-3-5-13)21-15(14)22-8-6-12(10-18)7-9-22/h1-5,11-12H,6-10,18H2,(H,19,20,21). The van der Waals surface area contributed by atoms with Crippen molar-refractivity contribution in [3.8, 4) is 0 Å². The molecule has 0 saturated carbocycles. The van der Waals surface area contributed by atoms with Crippen LogP contribution in [0.1, 0.15) is 12.8 Å². The second-order valence-electron chi connectivity index (χ2n) is 5.52. The third-order valence-corrected chi connectivity index (χ3v) is 4.00. The Morgan fingerprint density at radius 2 is 1.95 bits per heavy atom. The molecule has 0 bridgehead atoms. The van der Waals surface area contributed by atoms with Crippen LogP contribution in [0.3, 0.4) is 0 Å². The third kappa shape index (κ3) is 3.33. The second kappa shape index (κ2) is 6.70. The van der Waals surface area contributed by atoms with Crippen molar-refractivity contribution in [1.82, 2.24) is 9.97 Å². The Hall–Kier alpha value is -2.21. The molecule has 22 heavy (non-hydrogen) atoms. The first-order valence-corrected chi connectivity index (χ1v) is 7.56. The normalized spacial score (nSPS) is 15.8. The Morgan fingerprint density at radius 1 is 1.23 bits per heavy atom. The maximum absolute atomic E-state index is 14.1. The highest BCUT2D eigenvalue weighted by Crippen LogP contribution is 2.24. The molecule has 2 aromatic rings. The molecule has 0 unspecified atom stereocenters. The molecule has 0 atom stereocenters. The molecule has 1 aliphatic heterocycles. The summed E-state index contributed by atoms with van der Waals surface area (Å²) in [5.74, 6) is 0.917. The number of nitrogens with two attached hydrogens (primary N) is 1. The summed E-state index contributed by atoms with van der Waals surface area (Å²) in [7, 11) is 0. The van der Waals surface area contributed by atoms with Crippen LogP contribution in [0.25, 0.3) is 0 Å². The largest absolute Gasteiger partial charge is 0.354 e. The molecule has 1 aromatic heterocycles. The number of aromatic nitrogens is 2. The van der Waals surface area contributed by atoms with E-state index in [9.17, 15) is 4.39 Å². The van der Waals surface area contributed by atoms with Crippen LogP contribution in [0.15, 0.2) is 36.5 Å². The van der Waals surface area contributed by atoms with E-state index in [1.54, 1.807) is 0 Å². The predicted octanol–water partition coefficient (Wildman–Crippen LogP) is 2.53. The summed E-state index contributed by atoms with van der Waals surface area (Å²) in [6.07, 6.45) is 3.17. The lowest BCUT2D eigenvalue weighted by Crippen LogP contribution is -2.37. The van der Waals surface area contributed by atoms with Gasteiger partial charge in [0.15, 0.2) is 11.6 Å². The maximum Gasteiger partial charge on any atom is 0.229 e. The molecular weight excluding hydrogens is 281 g/mol. The molecule has 1 saturated heterocycles. The number of nitrogens with one attached hydrogen (secondary N) is 1. The molecule has 3 N–H and O–H groups in total. The quantitative estimate of drug-likeness (QED) is 0.908. The van der Waals surface area contributed by atoms with E-state index in [2.05, 4.69) is 15.3 Å². The smallest absolute Gasteiger partial charge is 0.229 e. The zero-order valence-electron chi connectivity index (χ0n) is 12.4. The average molecular weight is 301 g/mol. The summed E-state index contributed by atoms with van der Waals surface area (Å²) in [4.78, 5) is 10.3. The molecule has 6 heteroatoms. The maximum atomic E-state index is 14.1. The van der Waals surface area contributed by atoms with E-state index >= 15 is 0 Å². The first-order chi connectivity index (χ1) is 10.8. The van der Waals surface area contributed by atoms with Gasteiger partial charge in [-0.3, -0.25) is 0 Å². The zero-order chi connectivity index (χ0) is 15.4. The third-order valence-electron chi connectivity index (χ3n) is 4.00. The highest BCUT2D eigenvalue weighted by atomic mass is 19.1. The van der Waals surface area contributed by atoms with Gasteiger partial charge in [0, 0.05) is 18.8 Å². The van der Waals surface area contributed by atoms with Gasteiger partial charge in [-0.15, -0.1) is 0 Å². The monoisotopic (exact) mass is 301 g/mol. The van der Waals surface area contributed by atoms with E-state index in [0.717, 1.165) is 31.6 Å². The Kier molecular flexibility index (Phi) is 4.48. The van der Waals surface area contributed by atoms with Gasteiger partial charge >= 0.3 is 0 Å². The van der Waals surface area contributed by atoms with Crippen molar-refractivity contribution in [3.63, 3.8) is 0 Å². The molecule has 1 aliphatic rings. The summed E-state index contributed by atoms with van der Waals surface area (Å²) >= 11 is 0. The van der Waals surface area contributed by atoms with E-state index in [0.29, 0.717) is 24.2 Å². The Labute approximate surface area is 129 Å². The van der Waals surface area contributed by atoms with Crippen molar-refractivity contribution in [2.45, 2.75) is 12.8 Å². The number of benzene rings is 1. The van der Waals surface area contributed by atoms with E-state index in [1.165, 1.54) is 6.20 Å². The Balaban J connectivity index is 1.76. The number of rotatable bonds is 4. The fourth-order valence-corrected chi connectivity index (χ4v) is 2.67. The molecule has 2 heterocycles. The van der Waals surface area contributed by atoms with Crippen LogP contribution in [-0.4, -0.2) is 29.6 Å². The second-order valence-corrected chi connectivity index (χ2v) is 5.52. The highest BCUT2D eigenvalue weighted by Gasteiger charge is 2.22. The van der Waals surface area contributed by atoms with Gasteiger partial charge in [-0.2, -0.15) is 4.98 Å². The summed E-state index contributed by atoms with van der Waals surface area (Å²) in [5.41, 5.74) is 6.58. The molecule has 0 amide bonds. The van der Waals surface area contributed by atoms with Crippen LogP contribution in [0, 0.1) is 11.7 Å². The summed E-state index contributed by atoms with van der Waals surface area (Å²) < 4.78 is 14.1. The van der Waals surface area contributed by atoms with Crippen molar-refractivity contribution in [1.29, 1.82) is 0 Å². The lowest BCUT2D eigenvalue weighted by Gasteiger charge is -2.32. The van der Waals surface area contributed by atoms with Crippen LogP contribution in [0.4, 0.5) is 21.8 Å². The topological polar surface area (TPSA) is 67.1 Å². The number of hydrogen-bond acceptors (Lipinski definition) is 5. The van der Waals surface area contributed by atoms with Gasteiger partial charge in [0.1, 0.15) is 0 Å². The minimum absolute atomic E-state index is 0.365. The number of hydrogen-bond donors (Lipinski definition) is 2. The minimum Gasteiger partial charge on any atom is -0.354 e. The molecule has 3 rings (SSSR count). The molecule has 116 valence electrons. The van der Waals surface area contributed by atoms with Gasteiger partial charge in [0.2, 0.25) is 5.95 Å². The molecule has 0 spiro atoms. The average Bonchev–Trinajstić information content (AvgIpc) is 2.58. The van der Waals surface area contributed by atoms with Crippen LogP contribution < -0.4 is 16.0 Å². The minimum atomic E-state index is -0.384. The molecule has 0 radical (unpaired) electrons. The fourth-order valence-electron chi connectivity index (χ4n) is 2.67. The lowest BCUT2D eigenvalue weighted by molar-refractivity contribution is 0.409.